The van der Waals surface area contributed by atoms with Crippen LogP contribution < -0.4 is 4.74 Å². The highest BCUT2D eigenvalue weighted by atomic mass is 35.5. The van der Waals surface area contributed by atoms with Crippen molar-refractivity contribution in [3.63, 3.8) is 0 Å². The smallest absolute Gasteiger partial charge is 0.169 e. The van der Waals surface area contributed by atoms with Gasteiger partial charge < -0.3 is 9.30 Å². The highest BCUT2D eigenvalue weighted by molar-refractivity contribution is 6.33. The van der Waals surface area contributed by atoms with Gasteiger partial charge in [0.25, 0.3) is 0 Å². The Balaban J connectivity index is 2.17. The Labute approximate surface area is 136 Å². The summed E-state index contributed by atoms with van der Waals surface area (Å²) in [7, 11) is 3.15. The molecule has 0 saturated carbocycles. The van der Waals surface area contributed by atoms with E-state index in [0.29, 0.717) is 22.2 Å². The molecule has 0 aliphatic carbocycles. The first-order valence-corrected chi connectivity index (χ1v) is 7.08. The highest BCUT2D eigenvalue weighted by Gasteiger charge is 2.20. The van der Waals surface area contributed by atoms with Gasteiger partial charge in [0.2, 0.25) is 0 Å². The number of methoxy groups -OCH3 is 1. The SMILES string of the molecule is COc1ccc(Cl)c(-c2nnc(-c3c(F)cccc3F)n2C)c1. The topological polar surface area (TPSA) is 39.9 Å². The molecule has 1 aromatic heterocycles. The molecule has 3 rings (SSSR count). The van der Waals surface area contributed by atoms with Crippen molar-refractivity contribution in [1.82, 2.24) is 14.8 Å². The van der Waals surface area contributed by atoms with E-state index in [-0.39, 0.29) is 11.4 Å². The molecular formula is C16H12ClF2N3O. The van der Waals surface area contributed by atoms with Crippen LogP contribution in [0.1, 0.15) is 0 Å². The largest absolute Gasteiger partial charge is 0.497 e. The zero-order chi connectivity index (χ0) is 16.6. The zero-order valence-corrected chi connectivity index (χ0v) is 13.1. The molecule has 118 valence electrons. The van der Waals surface area contributed by atoms with E-state index in [9.17, 15) is 8.78 Å². The predicted octanol–water partition coefficient (Wildman–Crippen LogP) is 4.09. The van der Waals surface area contributed by atoms with Gasteiger partial charge in [-0.1, -0.05) is 17.7 Å². The van der Waals surface area contributed by atoms with Crippen molar-refractivity contribution in [2.75, 3.05) is 7.11 Å². The fraction of sp³-hybridized carbons (Fsp3) is 0.125. The third kappa shape index (κ3) is 2.66. The summed E-state index contributed by atoms with van der Waals surface area (Å²) in [6.07, 6.45) is 0. The fourth-order valence-corrected chi connectivity index (χ4v) is 2.50. The molecule has 1 heterocycles. The summed E-state index contributed by atoms with van der Waals surface area (Å²) in [4.78, 5) is 0. The summed E-state index contributed by atoms with van der Waals surface area (Å²) in [5.41, 5.74) is 0.330. The zero-order valence-electron chi connectivity index (χ0n) is 12.3. The second-order valence-corrected chi connectivity index (χ2v) is 5.26. The Morgan fingerprint density at radius 2 is 1.70 bits per heavy atom. The van der Waals surface area contributed by atoms with Gasteiger partial charge in [-0.2, -0.15) is 0 Å². The van der Waals surface area contributed by atoms with Crippen molar-refractivity contribution < 1.29 is 13.5 Å². The van der Waals surface area contributed by atoms with Gasteiger partial charge in [0.1, 0.15) is 17.4 Å². The van der Waals surface area contributed by atoms with Crippen LogP contribution in [-0.2, 0) is 7.05 Å². The van der Waals surface area contributed by atoms with E-state index in [4.69, 9.17) is 16.3 Å². The van der Waals surface area contributed by atoms with Gasteiger partial charge in [-0.3, -0.25) is 0 Å². The van der Waals surface area contributed by atoms with E-state index in [1.807, 2.05) is 0 Å². The molecule has 0 N–H and O–H groups in total. The van der Waals surface area contributed by atoms with Crippen LogP contribution >= 0.6 is 11.6 Å². The van der Waals surface area contributed by atoms with Gasteiger partial charge in [-0.25, -0.2) is 8.78 Å². The first-order valence-electron chi connectivity index (χ1n) is 6.70. The fourth-order valence-electron chi connectivity index (χ4n) is 2.30. The van der Waals surface area contributed by atoms with Crippen molar-refractivity contribution in [2.45, 2.75) is 0 Å². The van der Waals surface area contributed by atoms with E-state index in [1.165, 1.54) is 29.9 Å². The average molecular weight is 336 g/mol. The Bertz CT molecular complexity index is 860. The minimum absolute atomic E-state index is 0.0782. The predicted molar refractivity (Wildman–Crippen MR) is 83.4 cm³/mol. The van der Waals surface area contributed by atoms with Gasteiger partial charge in [-0.05, 0) is 30.3 Å². The number of halogens is 3. The lowest BCUT2D eigenvalue weighted by atomic mass is 10.1. The quantitative estimate of drug-likeness (QED) is 0.723. The van der Waals surface area contributed by atoms with Crippen LogP contribution in [0, 0.1) is 11.6 Å². The first kappa shape index (κ1) is 15.4. The molecule has 0 saturated heterocycles. The maximum absolute atomic E-state index is 14.0. The summed E-state index contributed by atoms with van der Waals surface area (Å²) in [5.74, 6) is -0.361. The van der Waals surface area contributed by atoms with Gasteiger partial charge in [-0.15, -0.1) is 10.2 Å². The number of benzene rings is 2. The Morgan fingerprint density at radius 3 is 2.35 bits per heavy atom. The number of rotatable bonds is 3. The number of aromatic nitrogens is 3. The molecule has 0 unspecified atom stereocenters. The van der Waals surface area contributed by atoms with Crippen LogP contribution in [0.5, 0.6) is 5.75 Å². The summed E-state index contributed by atoms with van der Waals surface area (Å²) in [6.45, 7) is 0. The van der Waals surface area contributed by atoms with Crippen LogP contribution in [0.25, 0.3) is 22.8 Å². The Morgan fingerprint density at radius 1 is 1.04 bits per heavy atom. The molecule has 4 nitrogen and oxygen atoms in total. The maximum Gasteiger partial charge on any atom is 0.169 e. The van der Waals surface area contributed by atoms with Crippen molar-refractivity contribution in [2.24, 2.45) is 7.05 Å². The maximum atomic E-state index is 14.0. The van der Waals surface area contributed by atoms with Gasteiger partial charge in [0, 0.05) is 12.6 Å². The summed E-state index contributed by atoms with van der Waals surface area (Å²) in [5, 5.41) is 8.37. The lowest BCUT2D eigenvalue weighted by molar-refractivity contribution is 0.415. The lowest BCUT2D eigenvalue weighted by Gasteiger charge is -2.08. The molecule has 0 aliphatic rings. The van der Waals surface area contributed by atoms with Crippen LogP contribution in [0.2, 0.25) is 5.02 Å². The van der Waals surface area contributed by atoms with E-state index >= 15 is 0 Å². The second kappa shape index (κ2) is 5.96. The van der Waals surface area contributed by atoms with E-state index in [1.54, 1.807) is 25.2 Å². The van der Waals surface area contributed by atoms with E-state index in [0.717, 1.165) is 0 Å². The van der Waals surface area contributed by atoms with Gasteiger partial charge in [0.15, 0.2) is 11.6 Å². The summed E-state index contributed by atoms with van der Waals surface area (Å²) < 4.78 is 34.6. The van der Waals surface area contributed by atoms with Crippen LogP contribution in [0.15, 0.2) is 36.4 Å². The highest BCUT2D eigenvalue weighted by Crippen LogP contribution is 2.33. The molecule has 0 amide bonds. The summed E-state index contributed by atoms with van der Waals surface area (Å²) in [6, 6.07) is 8.70. The second-order valence-electron chi connectivity index (χ2n) is 4.85. The Hall–Kier alpha value is -2.47. The Kier molecular flexibility index (Phi) is 4.00. The molecule has 0 radical (unpaired) electrons. The standard InChI is InChI=1S/C16H12ClF2N3O/c1-22-15(10-8-9(23-2)6-7-11(10)17)20-21-16(22)14-12(18)4-3-5-13(14)19/h3-8H,1-2H3. The van der Waals surface area contributed by atoms with Crippen molar-refractivity contribution in [3.8, 4) is 28.5 Å². The van der Waals surface area contributed by atoms with Crippen LogP contribution in [-0.4, -0.2) is 21.9 Å². The summed E-state index contributed by atoms with van der Waals surface area (Å²) >= 11 is 6.19. The third-order valence-corrected chi connectivity index (χ3v) is 3.81. The number of hydrogen-bond acceptors (Lipinski definition) is 3. The average Bonchev–Trinajstić information content (AvgIpc) is 2.89. The molecule has 2 aromatic carbocycles. The number of nitrogens with zero attached hydrogens (tertiary/aromatic N) is 3. The molecule has 0 bridgehead atoms. The van der Waals surface area contributed by atoms with Crippen molar-refractivity contribution in [1.29, 1.82) is 0 Å². The molecular weight excluding hydrogens is 324 g/mol. The third-order valence-electron chi connectivity index (χ3n) is 3.48. The molecule has 23 heavy (non-hydrogen) atoms. The van der Waals surface area contributed by atoms with Crippen molar-refractivity contribution >= 4 is 11.6 Å². The number of hydrogen-bond donors (Lipinski definition) is 0. The van der Waals surface area contributed by atoms with E-state index < -0.39 is 11.6 Å². The van der Waals surface area contributed by atoms with Crippen LogP contribution in [0.3, 0.4) is 0 Å². The molecule has 0 fully saturated rings. The van der Waals surface area contributed by atoms with Gasteiger partial charge >= 0.3 is 0 Å². The van der Waals surface area contributed by atoms with Crippen molar-refractivity contribution in [3.05, 3.63) is 53.1 Å². The minimum Gasteiger partial charge on any atom is -0.497 e. The first-order chi connectivity index (χ1) is 11.0. The molecule has 0 atom stereocenters. The molecule has 0 spiro atoms. The van der Waals surface area contributed by atoms with Gasteiger partial charge in [0.05, 0.1) is 17.7 Å². The monoisotopic (exact) mass is 335 g/mol. The van der Waals surface area contributed by atoms with Crippen LogP contribution in [0.4, 0.5) is 8.78 Å². The lowest BCUT2D eigenvalue weighted by Crippen LogP contribution is -2.00. The molecule has 3 aromatic rings. The number of ether oxygens (including phenoxy) is 1. The molecule has 7 heteroatoms. The molecule has 0 aliphatic heterocycles. The van der Waals surface area contributed by atoms with E-state index in [2.05, 4.69) is 10.2 Å². The normalized spacial score (nSPS) is 10.8. The minimum atomic E-state index is -0.705.